The number of thioether (sulfide) groups is 1. The molecule has 1 fully saturated rings. The first-order valence-electron chi connectivity index (χ1n) is 9.49. The SMILES string of the molecule is CC(C)c1noc(C(C)Sc2nnc(N3CCCC3)n2-c2cccc(Cl)c2)n1. The average molecular weight is 419 g/mol. The number of anilines is 1. The molecule has 9 heteroatoms. The molecule has 0 aliphatic carbocycles. The summed E-state index contributed by atoms with van der Waals surface area (Å²) in [4.78, 5) is 6.79. The third-order valence-electron chi connectivity index (χ3n) is 4.68. The number of hydrogen-bond donors (Lipinski definition) is 0. The molecule has 1 aromatic carbocycles. The van der Waals surface area contributed by atoms with Crippen molar-refractivity contribution in [1.82, 2.24) is 24.9 Å². The Bertz CT molecular complexity index is 950. The second-order valence-corrected chi connectivity index (χ2v) is 8.94. The van der Waals surface area contributed by atoms with Crippen LogP contribution >= 0.6 is 23.4 Å². The van der Waals surface area contributed by atoms with Crippen molar-refractivity contribution in [3.8, 4) is 5.69 Å². The van der Waals surface area contributed by atoms with Crippen LogP contribution in [0.5, 0.6) is 0 Å². The van der Waals surface area contributed by atoms with Crippen LogP contribution in [0, 0.1) is 0 Å². The largest absolute Gasteiger partial charge is 0.341 e. The van der Waals surface area contributed by atoms with E-state index in [-0.39, 0.29) is 11.2 Å². The Kier molecular flexibility index (Phi) is 5.59. The van der Waals surface area contributed by atoms with Gasteiger partial charge in [0.05, 0.1) is 10.9 Å². The van der Waals surface area contributed by atoms with Gasteiger partial charge in [0.15, 0.2) is 11.0 Å². The quantitative estimate of drug-likeness (QED) is 0.528. The molecular weight excluding hydrogens is 396 g/mol. The third kappa shape index (κ3) is 3.89. The number of rotatable bonds is 6. The van der Waals surface area contributed by atoms with E-state index in [0.29, 0.717) is 10.9 Å². The van der Waals surface area contributed by atoms with Gasteiger partial charge in [-0.1, -0.05) is 48.4 Å². The van der Waals surface area contributed by atoms with Gasteiger partial charge in [-0.2, -0.15) is 4.98 Å². The summed E-state index contributed by atoms with van der Waals surface area (Å²) in [6, 6.07) is 7.76. The fourth-order valence-electron chi connectivity index (χ4n) is 3.16. The summed E-state index contributed by atoms with van der Waals surface area (Å²) < 4.78 is 7.53. The van der Waals surface area contributed by atoms with E-state index in [4.69, 9.17) is 16.1 Å². The highest BCUT2D eigenvalue weighted by Crippen LogP contribution is 2.37. The van der Waals surface area contributed by atoms with Gasteiger partial charge in [0, 0.05) is 24.0 Å². The topological polar surface area (TPSA) is 72.9 Å². The lowest BCUT2D eigenvalue weighted by Crippen LogP contribution is -2.22. The van der Waals surface area contributed by atoms with Crippen molar-refractivity contribution in [3.05, 3.63) is 41.0 Å². The lowest BCUT2D eigenvalue weighted by Gasteiger charge is -2.19. The lowest BCUT2D eigenvalue weighted by atomic mass is 10.2. The molecule has 0 radical (unpaired) electrons. The van der Waals surface area contributed by atoms with Crippen molar-refractivity contribution in [2.45, 2.75) is 49.9 Å². The maximum atomic E-state index is 6.25. The van der Waals surface area contributed by atoms with E-state index in [1.165, 1.54) is 12.8 Å². The molecule has 7 nitrogen and oxygen atoms in total. The molecule has 1 atom stereocenters. The molecule has 2 aromatic heterocycles. The van der Waals surface area contributed by atoms with E-state index in [2.05, 4.69) is 29.8 Å². The zero-order chi connectivity index (χ0) is 19.7. The molecule has 1 saturated heterocycles. The van der Waals surface area contributed by atoms with Gasteiger partial charge in [-0.3, -0.25) is 4.57 Å². The fourth-order valence-corrected chi connectivity index (χ4v) is 4.23. The summed E-state index contributed by atoms with van der Waals surface area (Å²) in [6.45, 7) is 8.10. The number of nitrogens with zero attached hydrogens (tertiary/aromatic N) is 6. The Balaban J connectivity index is 1.68. The monoisotopic (exact) mass is 418 g/mol. The number of benzene rings is 1. The summed E-state index contributed by atoms with van der Waals surface area (Å²) in [6.07, 6.45) is 2.34. The second kappa shape index (κ2) is 8.13. The zero-order valence-electron chi connectivity index (χ0n) is 16.2. The van der Waals surface area contributed by atoms with E-state index in [1.807, 2.05) is 45.0 Å². The van der Waals surface area contributed by atoms with Crippen molar-refractivity contribution in [1.29, 1.82) is 0 Å². The number of aromatic nitrogens is 5. The van der Waals surface area contributed by atoms with Crippen LogP contribution in [-0.4, -0.2) is 38.0 Å². The van der Waals surface area contributed by atoms with Gasteiger partial charge in [0.25, 0.3) is 0 Å². The minimum Gasteiger partial charge on any atom is -0.341 e. The van der Waals surface area contributed by atoms with Crippen LogP contribution in [-0.2, 0) is 0 Å². The minimum atomic E-state index is -0.0476. The summed E-state index contributed by atoms with van der Waals surface area (Å²) in [5, 5.41) is 14.5. The maximum absolute atomic E-state index is 6.25. The zero-order valence-corrected chi connectivity index (χ0v) is 17.7. The van der Waals surface area contributed by atoms with Gasteiger partial charge in [0.2, 0.25) is 11.8 Å². The van der Waals surface area contributed by atoms with Gasteiger partial charge >= 0.3 is 0 Å². The summed E-state index contributed by atoms with van der Waals surface area (Å²) >= 11 is 7.80. The molecule has 4 rings (SSSR count). The minimum absolute atomic E-state index is 0.0476. The molecule has 1 aliphatic heterocycles. The summed E-state index contributed by atoms with van der Waals surface area (Å²) in [7, 11) is 0. The van der Waals surface area contributed by atoms with Crippen LogP contribution in [0.4, 0.5) is 5.95 Å². The first kappa shape index (κ1) is 19.3. The van der Waals surface area contributed by atoms with E-state index in [9.17, 15) is 0 Å². The lowest BCUT2D eigenvalue weighted by molar-refractivity contribution is 0.373. The Labute approximate surface area is 173 Å². The van der Waals surface area contributed by atoms with Crippen LogP contribution in [0.2, 0.25) is 5.02 Å². The van der Waals surface area contributed by atoms with Crippen LogP contribution < -0.4 is 4.90 Å². The van der Waals surface area contributed by atoms with Crippen LogP contribution in [0.25, 0.3) is 5.69 Å². The molecule has 1 unspecified atom stereocenters. The van der Waals surface area contributed by atoms with E-state index >= 15 is 0 Å². The molecule has 0 amide bonds. The predicted octanol–water partition coefficient (Wildman–Crippen LogP) is 4.88. The fraction of sp³-hybridized carbons (Fsp3) is 0.474. The van der Waals surface area contributed by atoms with Gasteiger partial charge in [0.1, 0.15) is 0 Å². The van der Waals surface area contributed by atoms with Crippen molar-refractivity contribution >= 4 is 29.3 Å². The highest BCUT2D eigenvalue weighted by Gasteiger charge is 2.25. The maximum Gasteiger partial charge on any atom is 0.239 e. The van der Waals surface area contributed by atoms with Crippen LogP contribution in [0.1, 0.15) is 56.5 Å². The van der Waals surface area contributed by atoms with Crippen LogP contribution in [0.15, 0.2) is 33.9 Å². The third-order valence-corrected chi connectivity index (χ3v) is 5.94. The molecule has 0 N–H and O–H groups in total. The Morgan fingerprint density at radius 1 is 1.14 bits per heavy atom. The van der Waals surface area contributed by atoms with Gasteiger partial charge in [-0.25, -0.2) is 0 Å². The molecule has 3 aromatic rings. The Hall–Kier alpha value is -2.06. The van der Waals surface area contributed by atoms with Crippen molar-refractivity contribution in [2.75, 3.05) is 18.0 Å². The van der Waals surface area contributed by atoms with Crippen molar-refractivity contribution in [2.24, 2.45) is 0 Å². The van der Waals surface area contributed by atoms with Crippen LogP contribution in [0.3, 0.4) is 0 Å². The molecule has 28 heavy (non-hydrogen) atoms. The first-order chi connectivity index (χ1) is 13.5. The Morgan fingerprint density at radius 2 is 1.93 bits per heavy atom. The Morgan fingerprint density at radius 3 is 2.61 bits per heavy atom. The molecule has 148 valence electrons. The predicted molar refractivity (Wildman–Crippen MR) is 110 cm³/mol. The van der Waals surface area contributed by atoms with Crippen molar-refractivity contribution in [3.63, 3.8) is 0 Å². The van der Waals surface area contributed by atoms with Gasteiger partial charge in [-0.15, -0.1) is 10.2 Å². The normalized spacial score (nSPS) is 15.5. The van der Waals surface area contributed by atoms with E-state index in [0.717, 1.165) is 35.7 Å². The summed E-state index contributed by atoms with van der Waals surface area (Å²) in [5.74, 6) is 2.39. The smallest absolute Gasteiger partial charge is 0.239 e. The van der Waals surface area contributed by atoms with Gasteiger partial charge in [-0.05, 0) is 38.0 Å². The molecule has 0 saturated carbocycles. The highest BCUT2D eigenvalue weighted by atomic mass is 35.5. The van der Waals surface area contributed by atoms with E-state index in [1.54, 1.807) is 11.8 Å². The highest BCUT2D eigenvalue weighted by molar-refractivity contribution is 7.99. The second-order valence-electron chi connectivity index (χ2n) is 7.20. The summed E-state index contributed by atoms with van der Waals surface area (Å²) in [5.41, 5.74) is 0.947. The molecule has 0 bridgehead atoms. The molecule has 0 spiro atoms. The van der Waals surface area contributed by atoms with E-state index < -0.39 is 0 Å². The molecular formula is C19H23ClN6OS. The van der Waals surface area contributed by atoms with Crippen molar-refractivity contribution < 1.29 is 4.52 Å². The number of halogens is 1. The average Bonchev–Trinajstić information content (AvgIpc) is 3.41. The molecule has 3 heterocycles. The number of hydrogen-bond acceptors (Lipinski definition) is 7. The van der Waals surface area contributed by atoms with Gasteiger partial charge < -0.3 is 9.42 Å². The first-order valence-corrected chi connectivity index (χ1v) is 10.7. The molecule has 1 aliphatic rings. The standard InChI is InChI=1S/C19H23ClN6OS/c1-12(2)16-21-17(27-24-16)13(3)28-19-23-22-18(25-9-4-5-10-25)26(19)15-8-6-7-14(20)11-15/h6-8,11-13H,4-5,9-10H2,1-3H3.